The molecule has 2 rings (SSSR count). The van der Waals surface area contributed by atoms with Crippen LogP contribution in [0.2, 0.25) is 0 Å². The van der Waals surface area contributed by atoms with Gasteiger partial charge in [-0.1, -0.05) is 0 Å². The van der Waals surface area contributed by atoms with Crippen molar-refractivity contribution in [3.63, 3.8) is 0 Å². The highest BCUT2D eigenvalue weighted by atomic mass is 16.6. The van der Waals surface area contributed by atoms with E-state index in [1.807, 2.05) is 4.90 Å². The van der Waals surface area contributed by atoms with Crippen molar-refractivity contribution in [3.8, 4) is 11.5 Å². The third kappa shape index (κ3) is 3.88. The first-order valence-corrected chi connectivity index (χ1v) is 7.06. The molecule has 0 aliphatic carbocycles. The number of nitro benzene ring substituents is 1. The molecular weight excluding hydrogens is 306 g/mol. The van der Waals surface area contributed by atoms with Gasteiger partial charge in [0.15, 0.2) is 11.3 Å². The molecule has 0 unspecified atom stereocenters. The Morgan fingerprint density at radius 1 is 1.30 bits per heavy atom. The quantitative estimate of drug-likeness (QED) is 0.604. The molecule has 1 amide bonds. The number of nitro groups is 1. The van der Waals surface area contributed by atoms with Crippen molar-refractivity contribution >= 4 is 11.6 Å². The molecule has 1 aliphatic rings. The monoisotopic (exact) mass is 325 g/mol. The van der Waals surface area contributed by atoms with Crippen molar-refractivity contribution in [1.29, 1.82) is 0 Å². The molecule has 0 atom stereocenters. The normalized spacial score (nSPS) is 15.0. The SMILES string of the molecule is COc1ccc(OC)c([N+](=O)[O-])c1C(=O)NCN1CCOCC1. The highest BCUT2D eigenvalue weighted by Gasteiger charge is 2.30. The first-order valence-electron chi connectivity index (χ1n) is 7.06. The lowest BCUT2D eigenvalue weighted by Crippen LogP contribution is -2.43. The lowest BCUT2D eigenvalue weighted by molar-refractivity contribution is -0.386. The Labute approximate surface area is 133 Å². The number of methoxy groups -OCH3 is 2. The summed E-state index contributed by atoms with van der Waals surface area (Å²) in [7, 11) is 2.66. The van der Waals surface area contributed by atoms with Gasteiger partial charge < -0.3 is 19.5 Å². The van der Waals surface area contributed by atoms with Gasteiger partial charge in [-0.2, -0.15) is 0 Å². The number of carbonyl (C=O) groups is 1. The fraction of sp³-hybridized carbons (Fsp3) is 0.500. The summed E-state index contributed by atoms with van der Waals surface area (Å²) in [4.78, 5) is 25.1. The predicted molar refractivity (Wildman–Crippen MR) is 80.9 cm³/mol. The van der Waals surface area contributed by atoms with E-state index in [2.05, 4.69) is 5.32 Å². The summed E-state index contributed by atoms with van der Waals surface area (Å²) in [6, 6.07) is 2.87. The van der Waals surface area contributed by atoms with E-state index in [0.29, 0.717) is 26.3 Å². The third-order valence-electron chi connectivity index (χ3n) is 3.52. The van der Waals surface area contributed by atoms with Crippen LogP contribution in [-0.4, -0.2) is 62.9 Å². The molecular formula is C14H19N3O6. The number of nitrogens with zero attached hydrogens (tertiary/aromatic N) is 2. The van der Waals surface area contributed by atoms with Crippen LogP contribution in [0, 0.1) is 10.1 Å². The molecule has 126 valence electrons. The van der Waals surface area contributed by atoms with Crippen molar-refractivity contribution in [2.75, 3.05) is 47.2 Å². The van der Waals surface area contributed by atoms with Gasteiger partial charge >= 0.3 is 5.69 Å². The number of rotatable bonds is 6. The van der Waals surface area contributed by atoms with Crippen LogP contribution < -0.4 is 14.8 Å². The van der Waals surface area contributed by atoms with E-state index in [-0.39, 0.29) is 23.7 Å². The van der Waals surface area contributed by atoms with Gasteiger partial charge in [0.25, 0.3) is 5.91 Å². The zero-order valence-electron chi connectivity index (χ0n) is 13.0. The van der Waals surface area contributed by atoms with Gasteiger partial charge in [-0.05, 0) is 12.1 Å². The van der Waals surface area contributed by atoms with E-state index in [4.69, 9.17) is 14.2 Å². The van der Waals surface area contributed by atoms with Crippen molar-refractivity contribution in [2.24, 2.45) is 0 Å². The summed E-state index contributed by atoms with van der Waals surface area (Å²) in [5.74, 6) is -0.455. The topological polar surface area (TPSA) is 103 Å². The number of carbonyl (C=O) groups excluding carboxylic acids is 1. The average molecular weight is 325 g/mol. The highest BCUT2D eigenvalue weighted by molar-refractivity contribution is 6.02. The van der Waals surface area contributed by atoms with Crippen molar-refractivity contribution in [2.45, 2.75) is 0 Å². The second-order valence-electron chi connectivity index (χ2n) is 4.85. The minimum Gasteiger partial charge on any atom is -0.496 e. The number of benzene rings is 1. The van der Waals surface area contributed by atoms with Crippen molar-refractivity contribution in [3.05, 3.63) is 27.8 Å². The molecule has 9 heteroatoms. The van der Waals surface area contributed by atoms with Crippen molar-refractivity contribution < 1.29 is 23.9 Å². The molecule has 9 nitrogen and oxygen atoms in total. The van der Waals surface area contributed by atoms with E-state index < -0.39 is 16.5 Å². The smallest absolute Gasteiger partial charge is 0.327 e. The Kier molecular flexibility index (Phi) is 5.72. The highest BCUT2D eigenvalue weighted by Crippen LogP contribution is 2.36. The minimum absolute atomic E-state index is 0.00678. The molecule has 1 heterocycles. The van der Waals surface area contributed by atoms with E-state index in [1.54, 1.807) is 0 Å². The Bertz CT molecular complexity index is 586. The summed E-state index contributed by atoms with van der Waals surface area (Å²) in [5, 5.41) is 14.0. The van der Waals surface area contributed by atoms with Gasteiger partial charge in [-0.3, -0.25) is 19.8 Å². The van der Waals surface area contributed by atoms with Gasteiger partial charge in [0.1, 0.15) is 5.75 Å². The standard InChI is InChI=1S/C14H19N3O6/c1-21-10-3-4-11(22-2)13(17(19)20)12(10)14(18)15-9-16-5-7-23-8-6-16/h3-4H,5-9H2,1-2H3,(H,15,18). The third-order valence-corrected chi connectivity index (χ3v) is 3.52. The maximum atomic E-state index is 12.5. The average Bonchev–Trinajstić information content (AvgIpc) is 2.58. The molecule has 0 spiro atoms. The second kappa shape index (κ2) is 7.75. The number of hydrogen-bond acceptors (Lipinski definition) is 7. The fourth-order valence-corrected chi connectivity index (χ4v) is 2.32. The van der Waals surface area contributed by atoms with E-state index in [0.717, 1.165) is 0 Å². The maximum absolute atomic E-state index is 12.5. The van der Waals surface area contributed by atoms with Crippen LogP contribution >= 0.6 is 0 Å². The minimum atomic E-state index is -0.648. The van der Waals surface area contributed by atoms with Gasteiger partial charge in [0, 0.05) is 13.1 Å². The number of ether oxygens (including phenoxy) is 3. The first kappa shape index (κ1) is 17.0. The Hall–Kier alpha value is -2.39. The largest absolute Gasteiger partial charge is 0.496 e. The number of amides is 1. The van der Waals surface area contributed by atoms with Crippen LogP contribution in [-0.2, 0) is 4.74 Å². The summed E-state index contributed by atoms with van der Waals surface area (Å²) >= 11 is 0. The number of morpholine rings is 1. The van der Waals surface area contributed by atoms with Crippen LogP contribution in [0.25, 0.3) is 0 Å². The van der Waals surface area contributed by atoms with Gasteiger partial charge in [-0.15, -0.1) is 0 Å². The lowest BCUT2D eigenvalue weighted by atomic mass is 10.1. The molecule has 1 aliphatic heterocycles. The van der Waals surface area contributed by atoms with Crippen molar-refractivity contribution in [1.82, 2.24) is 10.2 Å². The van der Waals surface area contributed by atoms with E-state index >= 15 is 0 Å². The van der Waals surface area contributed by atoms with Crippen LogP contribution in [0.1, 0.15) is 10.4 Å². The molecule has 0 radical (unpaired) electrons. The Balaban J connectivity index is 2.24. The predicted octanol–water partition coefficient (Wildman–Crippen LogP) is 0.631. The molecule has 0 bridgehead atoms. The van der Waals surface area contributed by atoms with Gasteiger partial charge in [0.05, 0.1) is 39.0 Å². The van der Waals surface area contributed by atoms with Crippen LogP contribution in [0.3, 0.4) is 0 Å². The molecule has 1 saturated heterocycles. The van der Waals surface area contributed by atoms with E-state index in [1.165, 1.54) is 26.4 Å². The molecule has 23 heavy (non-hydrogen) atoms. The zero-order valence-corrected chi connectivity index (χ0v) is 13.0. The molecule has 1 fully saturated rings. The summed E-state index contributed by atoms with van der Waals surface area (Å²) in [5.41, 5.74) is -0.559. The molecule has 1 N–H and O–H groups in total. The van der Waals surface area contributed by atoms with Gasteiger partial charge in [0.2, 0.25) is 0 Å². The van der Waals surface area contributed by atoms with E-state index in [9.17, 15) is 14.9 Å². The molecule has 1 aromatic rings. The van der Waals surface area contributed by atoms with Crippen LogP contribution in [0.4, 0.5) is 5.69 Å². The maximum Gasteiger partial charge on any atom is 0.327 e. The number of nitrogens with one attached hydrogen (secondary N) is 1. The molecule has 1 aromatic carbocycles. The first-order chi connectivity index (χ1) is 11.1. The summed E-state index contributed by atoms with van der Waals surface area (Å²) in [6.45, 7) is 2.85. The zero-order chi connectivity index (χ0) is 16.8. The Morgan fingerprint density at radius 3 is 2.48 bits per heavy atom. The fourth-order valence-electron chi connectivity index (χ4n) is 2.32. The van der Waals surface area contributed by atoms with Crippen LogP contribution in [0.5, 0.6) is 11.5 Å². The Morgan fingerprint density at radius 2 is 1.91 bits per heavy atom. The second-order valence-corrected chi connectivity index (χ2v) is 4.85. The molecule has 0 saturated carbocycles. The summed E-state index contributed by atoms with van der Waals surface area (Å²) in [6.07, 6.45) is 0. The lowest BCUT2D eigenvalue weighted by Gasteiger charge is -2.26. The number of hydrogen-bond donors (Lipinski definition) is 1. The van der Waals surface area contributed by atoms with Gasteiger partial charge in [-0.25, -0.2) is 0 Å². The van der Waals surface area contributed by atoms with Crippen LogP contribution in [0.15, 0.2) is 12.1 Å². The summed E-state index contributed by atoms with van der Waals surface area (Å²) < 4.78 is 15.3. The molecule has 0 aromatic heterocycles.